The molecular weight excluding hydrogens is 881 g/mol. The van der Waals surface area contributed by atoms with Crippen molar-refractivity contribution in [3.63, 3.8) is 0 Å². The van der Waals surface area contributed by atoms with Gasteiger partial charge in [-0.05, 0) is 109 Å². The number of hydrogen-bond donors (Lipinski definition) is 11. The molecule has 3 heterocycles. The third-order valence-corrected chi connectivity index (χ3v) is 19.3. The lowest BCUT2D eigenvalue weighted by Gasteiger charge is -2.71. The molecule has 0 spiro atoms. The number of fused-ring (bicyclic) bond motifs is 7. The van der Waals surface area contributed by atoms with Crippen LogP contribution < -0.4 is 0 Å². The molecule has 19 heteroatoms. The molecule has 7 fully saturated rings. The van der Waals surface area contributed by atoms with Gasteiger partial charge in [0.1, 0.15) is 67.1 Å². The lowest BCUT2D eigenvalue weighted by atomic mass is 9.33. The van der Waals surface area contributed by atoms with Crippen LogP contribution in [0.25, 0.3) is 0 Å². The highest BCUT2D eigenvalue weighted by atomic mass is 16.8. The van der Waals surface area contributed by atoms with E-state index in [-0.39, 0.29) is 39.4 Å². The molecule has 19 nitrogen and oxygen atoms in total. The van der Waals surface area contributed by atoms with E-state index in [2.05, 4.69) is 54.5 Å². The van der Waals surface area contributed by atoms with E-state index in [1.54, 1.807) is 0 Å². The summed E-state index contributed by atoms with van der Waals surface area (Å²) in [4.78, 5) is 27.0. The molecule has 8 rings (SSSR count). The molecule has 3 saturated heterocycles. The molecule has 0 aromatic heterocycles. The summed E-state index contributed by atoms with van der Waals surface area (Å²) >= 11 is 0. The van der Waals surface area contributed by atoms with Gasteiger partial charge >= 0.3 is 11.9 Å². The first-order chi connectivity index (χ1) is 31.2. The van der Waals surface area contributed by atoms with Crippen molar-refractivity contribution in [3.8, 4) is 0 Å². The summed E-state index contributed by atoms with van der Waals surface area (Å²) in [6, 6.07) is 0. The molecule has 8 aliphatic rings. The molecule has 0 aromatic rings. The summed E-state index contributed by atoms with van der Waals surface area (Å²) < 4.78 is 35.7. The van der Waals surface area contributed by atoms with Crippen LogP contribution in [0.2, 0.25) is 0 Å². The molecule has 23 atom stereocenters. The van der Waals surface area contributed by atoms with Crippen LogP contribution in [0.15, 0.2) is 11.6 Å². The summed E-state index contributed by atoms with van der Waals surface area (Å²) in [6.07, 6.45) is -16.4. The number of aliphatic hydroxyl groups is 10. The molecule has 3 aliphatic heterocycles. The Labute approximate surface area is 391 Å². The lowest BCUT2D eigenvalue weighted by Crippen LogP contribution is -2.67. The maximum atomic E-state index is 14.7. The predicted molar refractivity (Wildman–Crippen MR) is 231 cm³/mol. The summed E-state index contributed by atoms with van der Waals surface area (Å²) in [6.45, 7) is 14.4. The number of carboxylic acid groups (broad SMARTS) is 1. The van der Waals surface area contributed by atoms with Crippen molar-refractivity contribution in [2.75, 3.05) is 13.2 Å². The van der Waals surface area contributed by atoms with E-state index in [4.69, 9.17) is 28.4 Å². The van der Waals surface area contributed by atoms with E-state index in [1.807, 2.05) is 0 Å². The van der Waals surface area contributed by atoms with E-state index in [0.29, 0.717) is 25.7 Å². The number of rotatable bonds is 9. The molecule has 67 heavy (non-hydrogen) atoms. The van der Waals surface area contributed by atoms with Crippen LogP contribution in [-0.2, 0) is 38.0 Å². The van der Waals surface area contributed by atoms with Gasteiger partial charge in [0, 0.05) is 0 Å². The summed E-state index contributed by atoms with van der Waals surface area (Å²) in [5, 5.41) is 115. The number of aliphatic hydroxyl groups excluding tert-OH is 10. The predicted octanol–water partition coefficient (Wildman–Crippen LogP) is 0.233. The molecule has 18 unspecified atom stereocenters. The molecule has 0 radical (unpaired) electrons. The Kier molecular flexibility index (Phi) is 13.8. The van der Waals surface area contributed by atoms with Crippen LogP contribution in [-0.4, -0.2) is 180 Å². The second-order valence-corrected chi connectivity index (χ2v) is 23.5. The van der Waals surface area contributed by atoms with Gasteiger partial charge < -0.3 is 84.6 Å². The zero-order chi connectivity index (χ0) is 49.1. The first kappa shape index (κ1) is 51.4. The van der Waals surface area contributed by atoms with E-state index in [0.717, 1.165) is 38.5 Å². The molecule has 0 bridgehead atoms. The quantitative estimate of drug-likeness (QED) is 0.0838. The third-order valence-electron chi connectivity index (χ3n) is 19.3. The van der Waals surface area contributed by atoms with Gasteiger partial charge in [-0.1, -0.05) is 60.1 Å². The van der Waals surface area contributed by atoms with Crippen molar-refractivity contribution >= 4 is 11.9 Å². The van der Waals surface area contributed by atoms with Gasteiger partial charge in [0.2, 0.25) is 6.29 Å². The Hall–Kier alpha value is -1.92. The lowest BCUT2D eigenvalue weighted by molar-refractivity contribution is -0.374. The van der Waals surface area contributed by atoms with E-state index < -0.39 is 134 Å². The van der Waals surface area contributed by atoms with Gasteiger partial charge in [-0.3, -0.25) is 4.79 Å². The highest BCUT2D eigenvalue weighted by Gasteiger charge is 2.70. The average molecular weight is 957 g/mol. The van der Waals surface area contributed by atoms with Crippen molar-refractivity contribution < 1.29 is 94.2 Å². The molecule has 5 aliphatic carbocycles. The van der Waals surface area contributed by atoms with Crippen LogP contribution in [0.1, 0.15) is 113 Å². The fourth-order valence-corrected chi connectivity index (χ4v) is 15.0. The Morgan fingerprint density at radius 2 is 1.24 bits per heavy atom. The SMILES string of the molecule is CC1(C)CC[C@]2(C(=O)OC3OC(CO)C(O)C(O)C3O)CC[C@]3(C)C(=CCC4[C@@]5(C)CC[C@H](OC6OC(C(=O)O)C(O)C(O)C6OC6OC(CO)C(O)C(O)C6O)C(C)(C)C5CC[C@]43C)C2C1. The van der Waals surface area contributed by atoms with Gasteiger partial charge in [0.05, 0.1) is 24.7 Å². The zero-order valence-electron chi connectivity index (χ0n) is 39.7. The first-order valence-corrected chi connectivity index (χ1v) is 24.3. The number of carbonyl (C=O) groups is 2. The minimum Gasteiger partial charge on any atom is -0.479 e. The van der Waals surface area contributed by atoms with E-state index >= 15 is 0 Å². The van der Waals surface area contributed by atoms with Gasteiger partial charge in [0.15, 0.2) is 18.7 Å². The first-order valence-electron chi connectivity index (χ1n) is 24.3. The number of aliphatic carboxylic acids is 1. The number of carboxylic acids is 1. The fourth-order valence-electron chi connectivity index (χ4n) is 15.0. The van der Waals surface area contributed by atoms with Gasteiger partial charge in [-0.15, -0.1) is 0 Å². The molecule has 382 valence electrons. The Morgan fingerprint density at radius 1 is 0.642 bits per heavy atom. The molecule has 0 amide bonds. The second-order valence-electron chi connectivity index (χ2n) is 23.5. The van der Waals surface area contributed by atoms with Crippen LogP contribution in [0, 0.1) is 50.2 Å². The van der Waals surface area contributed by atoms with Crippen LogP contribution >= 0.6 is 0 Å². The van der Waals surface area contributed by atoms with Crippen molar-refractivity contribution in [2.24, 2.45) is 50.2 Å². The van der Waals surface area contributed by atoms with Gasteiger partial charge in [-0.25, -0.2) is 4.79 Å². The molecular formula is C48H76O19. The second kappa shape index (κ2) is 18.0. The average Bonchev–Trinajstić information content (AvgIpc) is 3.26. The Morgan fingerprint density at radius 3 is 1.85 bits per heavy atom. The summed E-state index contributed by atoms with van der Waals surface area (Å²) in [5.41, 5.74) is -1.05. The number of hydrogen-bond acceptors (Lipinski definition) is 18. The van der Waals surface area contributed by atoms with Crippen LogP contribution in [0.3, 0.4) is 0 Å². The maximum absolute atomic E-state index is 14.7. The van der Waals surface area contributed by atoms with Crippen molar-refractivity contribution in [1.82, 2.24) is 0 Å². The molecule has 4 saturated carbocycles. The maximum Gasteiger partial charge on any atom is 0.335 e. The number of ether oxygens (including phenoxy) is 6. The van der Waals surface area contributed by atoms with Crippen molar-refractivity contribution in [1.29, 1.82) is 0 Å². The summed E-state index contributed by atoms with van der Waals surface area (Å²) in [5.74, 6) is -1.94. The Balaban J connectivity index is 1.05. The molecule has 11 N–H and O–H groups in total. The van der Waals surface area contributed by atoms with Gasteiger partial charge in [-0.2, -0.15) is 0 Å². The summed E-state index contributed by atoms with van der Waals surface area (Å²) in [7, 11) is 0. The highest BCUT2D eigenvalue weighted by molar-refractivity contribution is 5.79. The number of esters is 1. The smallest absolute Gasteiger partial charge is 0.335 e. The fraction of sp³-hybridized carbons (Fsp3) is 0.917. The zero-order valence-corrected chi connectivity index (χ0v) is 39.7. The van der Waals surface area contributed by atoms with Crippen LogP contribution in [0.4, 0.5) is 0 Å². The van der Waals surface area contributed by atoms with Crippen LogP contribution in [0.5, 0.6) is 0 Å². The normalized spacial score (nSPS) is 52.6. The molecule has 0 aromatic carbocycles. The van der Waals surface area contributed by atoms with Crippen molar-refractivity contribution in [2.45, 2.75) is 211 Å². The minimum absolute atomic E-state index is 0.0828. The van der Waals surface area contributed by atoms with E-state index in [9.17, 15) is 65.8 Å². The van der Waals surface area contributed by atoms with Gasteiger partial charge in [0.25, 0.3) is 0 Å². The van der Waals surface area contributed by atoms with E-state index in [1.165, 1.54) is 5.57 Å². The number of carbonyl (C=O) groups excluding carboxylic acids is 1. The largest absolute Gasteiger partial charge is 0.479 e. The van der Waals surface area contributed by atoms with Crippen molar-refractivity contribution in [3.05, 3.63) is 11.6 Å². The highest BCUT2D eigenvalue weighted by Crippen LogP contribution is 2.76. The Bertz CT molecular complexity index is 1870. The topological polar surface area (TPSA) is 312 Å². The third kappa shape index (κ3) is 8.06. The monoisotopic (exact) mass is 956 g/mol. The minimum atomic E-state index is -1.98. The number of allylic oxidation sites excluding steroid dienone is 2. The standard InChI is InChI=1S/C48H76O19/c1-43(2)14-16-48(42(61)67-40-35(58)31(54)29(52)24(20-50)63-40)17-15-46(6)21(22(48)18-43)8-9-26-45(5)12-11-27(44(3,4)25(45)10-13-47(26,46)7)64-41-37(33(56)32(55)36(65-41)38(59)60)66-39-34(57)30(53)28(51)23(19-49)62-39/h8,22-37,39-41,49-58H,9-20H2,1-7H3,(H,59,60)/t22?,23?,24?,25?,26?,27-,28?,29?,30?,31?,32?,33?,34?,35?,36?,37?,39?,40?,41?,45-,46+,47+,48-/m0/s1.